The molecule has 26 heavy (non-hydrogen) atoms. The number of hydrogen-bond acceptors (Lipinski definition) is 4. The topological polar surface area (TPSA) is 55.8 Å². The fourth-order valence-electron chi connectivity index (χ4n) is 2.29. The van der Waals surface area contributed by atoms with Crippen molar-refractivity contribution in [3.05, 3.63) is 57.6 Å². The molecule has 138 valence electrons. The fraction of sp³-hybridized carbons (Fsp3) is 0.263. The minimum atomic E-state index is -0.242. The van der Waals surface area contributed by atoms with Crippen molar-refractivity contribution in [1.29, 1.82) is 0 Å². The van der Waals surface area contributed by atoms with Gasteiger partial charge in [-0.15, -0.1) is 0 Å². The highest BCUT2D eigenvalue weighted by Gasteiger charge is 2.15. The molecule has 0 atom stereocenters. The van der Waals surface area contributed by atoms with Gasteiger partial charge in [-0.05, 0) is 36.8 Å². The van der Waals surface area contributed by atoms with Gasteiger partial charge in [-0.2, -0.15) is 0 Å². The number of amides is 1. The maximum Gasteiger partial charge on any atom is 0.260 e. The van der Waals surface area contributed by atoms with Crippen LogP contribution in [0.2, 0.25) is 10.0 Å². The number of Topliss-reactive ketones (excluding diaryl/α,β-unsaturated/α-hetero) is 1. The van der Waals surface area contributed by atoms with E-state index in [1.54, 1.807) is 43.4 Å². The molecular weight excluding hydrogens is 377 g/mol. The maximum absolute atomic E-state index is 12.3. The van der Waals surface area contributed by atoms with E-state index in [0.29, 0.717) is 33.7 Å². The lowest BCUT2D eigenvalue weighted by Crippen LogP contribution is -2.31. The molecule has 0 aromatic heterocycles. The molecule has 5 nitrogen and oxygen atoms in total. The second kappa shape index (κ2) is 8.92. The monoisotopic (exact) mass is 395 g/mol. The van der Waals surface area contributed by atoms with Crippen LogP contribution in [0.4, 0.5) is 0 Å². The highest BCUT2D eigenvalue weighted by Crippen LogP contribution is 2.26. The number of ether oxygens (including phenoxy) is 2. The van der Waals surface area contributed by atoms with Crippen LogP contribution in [-0.2, 0) is 11.3 Å². The zero-order valence-electron chi connectivity index (χ0n) is 14.7. The third kappa shape index (κ3) is 5.13. The quantitative estimate of drug-likeness (QED) is 0.657. The summed E-state index contributed by atoms with van der Waals surface area (Å²) < 4.78 is 10.7. The SMILES string of the molecule is COc1ccc(C(C)=O)c(OCC(=O)N(C)Cc2ccc(Cl)c(Cl)c2)c1. The summed E-state index contributed by atoms with van der Waals surface area (Å²) in [4.78, 5) is 25.5. The van der Waals surface area contributed by atoms with Gasteiger partial charge < -0.3 is 14.4 Å². The van der Waals surface area contributed by atoms with Crippen molar-refractivity contribution in [2.24, 2.45) is 0 Å². The molecule has 0 heterocycles. The lowest BCUT2D eigenvalue weighted by molar-refractivity contribution is -0.132. The highest BCUT2D eigenvalue weighted by molar-refractivity contribution is 6.42. The lowest BCUT2D eigenvalue weighted by atomic mass is 10.1. The van der Waals surface area contributed by atoms with Gasteiger partial charge >= 0.3 is 0 Å². The predicted molar refractivity (Wildman–Crippen MR) is 101 cm³/mol. The van der Waals surface area contributed by atoms with Crippen molar-refractivity contribution in [2.45, 2.75) is 13.5 Å². The Balaban J connectivity index is 2.03. The van der Waals surface area contributed by atoms with E-state index in [1.807, 2.05) is 0 Å². The van der Waals surface area contributed by atoms with Gasteiger partial charge in [-0.25, -0.2) is 0 Å². The highest BCUT2D eigenvalue weighted by atomic mass is 35.5. The van der Waals surface area contributed by atoms with Crippen LogP contribution in [0.25, 0.3) is 0 Å². The summed E-state index contributed by atoms with van der Waals surface area (Å²) in [6, 6.07) is 10.1. The molecule has 0 unspecified atom stereocenters. The average molecular weight is 396 g/mol. The predicted octanol–water partition coefficient (Wildman–Crippen LogP) is 4.24. The van der Waals surface area contributed by atoms with Gasteiger partial charge in [0.1, 0.15) is 11.5 Å². The molecule has 0 spiro atoms. The molecule has 2 aromatic carbocycles. The number of likely N-dealkylation sites (N-methyl/N-ethyl adjacent to an activating group) is 1. The normalized spacial score (nSPS) is 10.3. The van der Waals surface area contributed by atoms with Crippen molar-refractivity contribution < 1.29 is 19.1 Å². The minimum Gasteiger partial charge on any atom is -0.497 e. The number of nitrogens with zero attached hydrogens (tertiary/aromatic N) is 1. The van der Waals surface area contributed by atoms with E-state index < -0.39 is 0 Å². The Bertz CT molecular complexity index is 823. The van der Waals surface area contributed by atoms with Gasteiger partial charge in [0.05, 0.1) is 22.7 Å². The number of carbonyl (C=O) groups is 2. The van der Waals surface area contributed by atoms with Crippen LogP contribution in [0.5, 0.6) is 11.5 Å². The molecule has 0 aliphatic carbocycles. The molecule has 0 bridgehead atoms. The number of methoxy groups -OCH3 is 1. The summed E-state index contributed by atoms with van der Waals surface area (Å²) in [5, 5.41) is 0.895. The second-order valence-corrected chi connectivity index (χ2v) is 6.52. The lowest BCUT2D eigenvalue weighted by Gasteiger charge is -2.18. The standard InChI is InChI=1S/C19H19Cl2NO4/c1-12(23)15-6-5-14(25-3)9-18(15)26-11-19(24)22(2)10-13-4-7-16(20)17(21)8-13/h4-9H,10-11H2,1-3H3. The van der Waals surface area contributed by atoms with Crippen LogP contribution < -0.4 is 9.47 Å². The van der Waals surface area contributed by atoms with Crippen molar-refractivity contribution in [3.63, 3.8) is 0 Å². The molecule has 0 saturated heterocycles. The van der Waals surface area contributed by atoms with E-state index >= 15 is 0 Å². The van der Waals surface area contributed by atoms with E-state index in [0.717, 1.165) is 5.56 Å². The summed E-state index contributed by atoms with van der Waals surface area (Å²) in [6.07, 6.45) is 0. The Morgan fingerprint density at radius 2 is 1.81 bits per heavy atom. The summed E-state index contributed by atoms with van der Waals surface area (Å²) in [5.41, 5.74) is 1.24. The van der Waals surface area contributed by atoms with Crippen LogP contribution >= 0.6 is 23.2 Å². The van der Waals surface area contributed by atoms with E-state index in [2.05, 4.69) is 0 Å². The Kier molecular flexibility index (Phi) is 6.89. The van der Waals surface area contributed by atoms with E-state index in [1.165, 1.54) is 18.9 Å². The molecule has 0 saturated carbocycles. The largest absolute Gasteiger partial charge is 0.497 e. The Hall–Kier alpha value is -2.24. The molecule has 2 aromatic rings. The first-order valence-corrected chi connectivity index (χ1v) is 8.57. The maximum atomic E-state index is 12.3. The number of ketones is 1. The third-order valence-corrected chi connectivity index (χ3v) is 4.49. The number of hydrogen-bond donors (Lipinski definition) is 0. The van der Waals surface area contributed by atoms with Gasteiger partial charge in [0.15, 0.2) is 12.4 Å². The van der Waals surface area contributed by atoms with E-state index in [-0.39, 0.29) is 18.3 Å². The van der Waals surface area contributed by atoms with Gasteiger partial charge in [0, 0.05) is 19.7 Å². The van der Waals surface area contributed by atoms with E-state index in [9.17, 15) is 9.59 Å². The summed E-state index contributed by atoms with van der Waals surface area (Å²) in [5.74, 6) is 0.461. The summed E-state index contributed by atoms with van der Waals surface area (Å²) >= 11 is 11.9. The van der Waals surface area contributed by atoms with Crippen molar-refractivity contribution in [1.82, 2.24) is 4.90 Å². The average Bonchev–Trinajstić information content (AvgIpc) is 2.62. The molecule has 7 heteroatoms. The van der Waals surface area contributed by atoms with Gasteiger partial charge in [0.2, 0.25) is 0 Å². The molecule has 0 N–H and O–H groups in total. The summed E-state index contributed by atoms with van der Waals surface area (Å²) in [7, 11) is 3.17. The van der Waals surface area contributed by atoms with Gasteiger partial charge in [-0.1, -0.05) is 29.3 Å². The molecule has 0 aliphatic rings. The first-order valence-electron chi connectivity index (χ1n) is 7.81. The Labute approximate surface area is 162 Å². The number of benzene rings is 2. The van der Waals surface area contributed by atoms with Gasteiger partial charge in [-0.3, -0.25) is 9.59 Å². The smallest absolute Gasteiger partial charge is 0.260 e. The Morgan fingerprint density at radius 3 is 2.42 bits per heavy atom. The van der Waals surface area contributed by atoms with Crippen LogP contribution in [0.15, 0.2) is 36.4 Å². The van der Waals surface area contributed by atoms with Gasteiger partial charge in [0.25, 0.3) is 5.91 Å². The van der Waals surface area contributed by atoms with Crippen molar-refractivity contribution in [3.8, 4) is 11.5 Å². The number of halogens is 2. The zero-order valence-corrected chi connectivity index (χ0v) is 16.2. The molecule has 0 fully saturated rings. The fourth-order valence-corrected chi connectivity index (χ4v) is 2.61. The van der Waals surface area contributed by atoms with Crippen LogP contribution in [0.1, 0.15) is 22.8 Å². The molecule has 0 radical (unpaired) electrons. The number of carbonyl (C=O) groups excluding carboxylic acids is 2. The molecule has 1 amide bonds. The second-order valence-electron chi connectivity index (χ2n) is 5.71. The van der Waals surface area contributed by atoms with Crippen LogP contribution in [-0.4, -0.2) is 37.4 Å². The minimum absolute atomic E-state index is 0.153. The van der Waals surface area contributed by atoms with Crippen molar-refractivity contribution >= 4 is 34.9 Å². The van der Waals surface area contributed by atoms with Crippen LogP contribution in [0, 0.1) is 0 Å². The van der Waals surface area contributed by atoms with Crippen molar-refractivity contribution in [2.75, 3.05) is 20.8 Å². The number of rotatable bonds is 7. The van der Waals surface area contributed by atoms with Crippen LogP contribution in [0.3, 0.4) is 0 Å². The first kappa shape index (κ1) is 20.1. The Morgan fingerprint density at radius 1 is 1.08 bits per heavy atom. The molecular formula is C19H19Cl2NO4. The molecule has 0 aliphatic heterocycles. The van der Waals surface area contributed by atoms with E-state index in [4.69, 9.17) is 32.7 Å². The zero-order chi connectivity index (χ0) is 19.3. The first-order chi connectivity index (χ1) is 12.3. The third-order valence-electron chi connectivity index (χ3n) is 3.75. The summed E-state index contributed by atoms with van der Waals surface area (Å²) in [6.45, 7) is 1.59. The molecule has 2 rings (SSSR count).